The average Bonchev–Trinajstić information content (AvgIpc) is 3.07. The molecule has 0 aliphatic heterocycles. The van der Waals surface area contributed by atoms with Crippen LogP contribution < -0.4 is 0 Å². The van der Waals surface area contributed by atoms with Crippen LogP contribution in [0.5, 0.6) is 0 Å². The van der Waals surface area contributed by atoms with Crippen molar-refractivity contribution in [3.05, 3.63) is 11.1 Å². The van der Waals surface area contributed by atoms with Gasteiger partial charge in [0.1, 0.15) is 5.78 Å². The third-order valence-corrected chi connectivity index (χ3v) is 6.57. The molecule has 1 spiro atoms. The van der Waals surface area contributed by atoms with Crippen molar-refractivity contribution in [1.82, 2.24) is 0 Å². The molecule has 4 unspecified atom stereocenters. The standard InChI is InChI=1S/C15H19ClO/c1-8-12(16)7-11-9-3-2-4-10(14(9)17)13(8)15(11)5-6-15/h7-11,13H,2-6H2,1H3/t8-,9?,10?,11?,13?/m1/s1. The summed E-state index contributed by atoms with van der Waals surface area (Å²) in [6.07, 6.45) is 8.44. The molecule has 0 amide bonds. The second-order valence-corrected chi connectivity index (χ2v) is 7.11. The molecular weight excluding hydrogens is 232 g/mol. The predicted octanol–water partition coefficient (Wildman–Crippen LogP) is 3.77. The van der Waals surface area contributed by atoms with Crippen LogP contribution in [0.2, 0.25) is 0 Å². The lowest BCUT2D eigenvalue weighted by Crippen LogP contribution is -2.53. The van der Waals surface area contributed by atoms with Gasteiger partial charge >= 0.3 is 0 Å². The minimum absolute atomic E-state index is 0.314. The molecule has 0 radical (unpaired) electrons. The Morgan fingerprint density at radius 2 is 2.00 bits per heavy atom. The van der Waals surface area contributed by atoms with Crippen LogP contribution in [-0.2, 0) is 4.79 Å². The predicted molar refractivity (Wildman–Crippen MR) is 67.6 cm³/mol. The second kappa shape index (κ2) is 3.17. The Hall–Kier alpha value is -0.300. The van der Waals surface area contributed by atoms with Gasteiger partial charge in [-0.1, -0.05) is 31.0 Å². The average molecular weight is 251 g/mol. The van der Waals surface area contributed by atoms with Gasteiger partial charge < -0.3 is 0 Å². The normalized spacial score (nSPS) is 50.1. The second-order valence-electron chi connectivity index (χ2n) is 6.67. The summed E-state index contributed by atoms with van der Waals surface area (Å²) in [5, 5.41) is 1.04. The van der Waals surface area contributed by atoms with Crippen molar-refractivity contribution in [2.24, 2.45) is 35.0 Å². The zero-order valence-electron chi connectivity index (χ0n) is 10.3. The Balaban J connectivity index is 1.89. The van der Waals surface area contributed by atoms with Crippen LogP contribution in [0.1, 0.15) is 39.0 Å². The Kier molecular flexibility index (Phi) is 1.98. The molecule has 4 aliphatic carbocycles. The van der Waals surface area contributed by atoms with Gasteiger partial charge in [0.15, 0.2) is 0 Å². The monoisotopic (exact) mass is 250 g/mol. The highest BCUT2D eigenvalue weighted by atomic mass is 35.5. The number of halogens is 1. The molecule has 0 heterocycles. The zero-order chi connectivity index (χ0) is 11.8. The maximum Gasteiger partial charge on any atom is 0.139 e. The summed E-state index contributed by atoms with van der Waals surface area (Å²) in [7, 11) is 0. The van der Waals surface area contributed by atoms with Crippen LogP contribution >= 0.6 is 11.6 Å². The molecule has 1 nitrogen and oxygen atoms in total. The third-order valence-electron chi connectivity index (χ3n) is 6.10. The number of Topliss-reactive ketones (excluding diaryl/α,β-unsaturated/α-hetero) is 1. The van der Waals surface area contributed by atoms with Crippen LogP contribution in [-0.4, -0.2) is 5.78 Å². The van der Waals surface area contributed by atoms with E-state index in [1.165, 1.54) is 19.3 Å². The molecular formula is C15H19ClO. The minimum atomic E-state index is 0.314. The van der Waals surface area contributed by atoms with E-state index in [4.69, 9.17) is 11.6 Å². The van der Waals surface area contributed by atoms with Gasteiger partial charge in [-0.3, -0.25) is 4.79 Å². The first-order valence-electron chi connectivity index (χ1n) is 7.06. The lowest BCUT2D eigenvalue weighted by Gasteiger charge is -2.54. The first kappa shape index (κ1) is 10.6. The van der Waals surface area contributed by atoms with Gasteiger partial charge in [-0.25, -0.2) is 0 Å². The molecule has 2 heteroatoms. The molecule has 0 aromatic heterocycles. The van der Waals surface area contributed by atoms with Crippen molar-refractivity contribution in [1.29, 1.82) is 0 Å². The van der Waals surface area contributed by atoms with Crippen LogP contribution in [0.3, 0.4) is 0 Å². The van der Waals surface area contributed by atoms with E-state index in [2.05, 4.69) is 13.0 Å². The fourth-order valence-corrected chi connectivity index (χ4v) is 5.56. The van der Waals surface area contributed by atoms with Gasteiger partial charge in [0.05, 0.1) is 0 Å². The first-order chi connectivity index (χ1) is 8.15. The number of ketones is 1. The molecule has 0 saturated heterocycles. The number of allylic oxidation sites excluding steroid dienone is 2. The molecule has 0 aromatic rings. The van der Waals surface area contributed by atoms with Crippen LogP contribution in [0, 0.1) is 35.0 Å². The van der Waals surface area contributed by atoms with Gasteiger partial charge in [-0.05, 0) is 48.9 Å². The maximum absolute atomic E-state index is 12.5. The van der Waals surface area contributed by atoms with E-state index in [9.17, 15) is 4.79 Å². The topological polar surface area (TPSA) is 17.1 Å². The van der Waals surface area contributed by atoms with Crippen LogP contribution in [0.15, 0.2) is 11.1 Å². The summed E-state index contributed by atoms with van der Waals surface area (Å²) < 4.78 is 0. The number of carbonyl (C=O) groups excluding carboxylic acids is 1. The lowest BCUT2D eigenvalue weighted by atomic mass is 9.50. The summed E-state index contributed by atoms with van der Waals surface area (Å²) in [5.41, 5.74) is 0.488. The smallest absolute Gasteiger partial charge is 0.139 e. The zero-order valence-corrected chi connectivity index (χ0v) is 11.0. The first-order valence-corrected chi connectivity index (χ1v) is 7.44. The van der Waals surface area contributed by atoms with E-state index in [-0.39, 0.29) is 0 Å². The number of hydrogen-bond donors (Lipinski definition) is 0. The van der Waals surface area contributed by atoms with E-state index < -0.39 is 0 Å². The molecule has 3 fully saturated rings. The highest BCUT2D eigenvalue weighted by Crippen LogP contribution is 2.71. The number of fused-ring (bicyclic) bond motifs is 4. The highest BCUT2D eigenvalue weighted by Gasteiger charge is 2.67. The molecule has 0 aromatic carbocycles. The third kappa shape index (κ3) is 1.15. The van der Waals surface area contributed by atoms with Crippen molar-refractivity contribution in [3.8, 4) is 0 Å². The number of hydrogen-bond acceptors (Lipinski definition) is 1. The highest BCUT2D eigenvalue weighted by molar-refractivity contribution is 6.30. The molecule has 17 heavy (non-hydrogen) atoms. The Labute approximate surface area is 108 Å². The fourth-order valence-electron chi connectivity index (χ4n) is 5.29. The Morgan fingerprint density at radius 3 is 2.71 bits per heavy atom. The van der Waals surface area contributed by atoms with Gasteiger partial charge in [0, 0.05) is 16.9 Å². The number of carbonyl (C=O) groups is 1. The summed E-state index contributed by atoms with van der Waals surface area (Å²) in [6, 6.07) is 0. The summed E-state index contributed by atoms with van der Waals surface area (Å²) >= 11 is 6.43. The van der Waals surface area contributed by atoms with E-state index in [0.29, 0.717) is 40.8 Å². The Bertz CT molecular complexity index is 421. The van der Waals surface area contributed by atoms with E-state index in [1.54, 1.807) is 0 Å². The number of rotatable bonds is 0. The summed E-state index contributed by atoms with van der Waals surface area (Å²) in [5.74, 6) is 2.70. The summed E-state index contributed by atoms with van der Waals surface area (Å²) in [4.78, 5) is 12.5. The minimum Gasteiger partial charge on any atom is -0.299 e. The molecule has 4 rings (SSSR count). The maximum atomic E-state index is 12.5. The van der Waals surface area contributed by atoms with Crippen molar-refractivity contribution < 1.29 is 4.79 Å². The van der Waals surface area contributed by atoms with Crippen LogP contribution in [0.25, 0.3) is 0 Å². The van der Waals surface area contributed by atoms with E-state index in [0.717, 1.165) is 17.9 Å². The molecule has 92 valence electrons. The van der Waals surface area contributed by atoms with Gasteiger partial charge in [0.2, 0.25) is 0 Å². The van der Waals surface area contributed by atoms with Gasteiger partial charge in [-0.2, -0.15) is 0 Å². The van der Waals surface area contributed by atoms with E-state index in [1.807, 2.05) is 0 Å². The largest absolute Gasteiger partial charge is 0.299 e. The van der Waals surface area contributed by atoms with Crippen molar-refractivity contribution in [2.45, 2.75) is 39.0 Å². The van der Waals surface area contributed by atoms with Crippen molar-refractivity contribution in [3.63, 3.8) is 0 Å². The molecule has 4 aliphatic rings. The van der Waals surface area contributed by atoms with Gasteiger partial charge in [-0.15, -0.1) is 0 Å². The molecule has 5 atom stereocenters. The van der Waals surface area contributed by atoms with Crippen molar-refractivity contribution in [2.75, 3.05) is 0 Å². The van der Waals surface area contributed by atoms with Crippen molar-refractivity contribution >= 4 is 17.4 Å². The summed E-state index contributed by atoms with van der Waals surface area (Å²) in [6.45, 7) is 2.24. The molecule has 3 saturated carbocycles. The van der Waals surface area contributed by atoms with Crippen LogP contribution in [0.4, 0.5) is 0 Å². The SMILES string of the molecule is C[C@@H]1C(Cl)=CC2C3CCCC(C3=O)C1C21CC1. The van der Waals surface area contributed by atoms with Gasteiger partial charge in [0.25, 0.3) is 0 Å². The lowest BCUT2D eigenvalue weighted by molar-refractivity contribution is -0.144. The molecule has 0 N–H and O–H groups in total. The molecule has 4 bridgehead atoms. The Morgan fingerprint density at radius 1 is 1.29 bits per heavy atom. The quantitative estimate of drug-likeness (QED) is 0.640. The fraction of sp³-hybridized carbons (Fsp3) is 0.800. The van der Waals surface area contributed by atoms with E-state index >= 15 is 0 Å².